The summed E-state index contributed by atoms with van der Waals surface area (Å²) in [6.45, 7) is 3.62. The number of aliphatic hydroxyl groups is 1. The Morgan fingerprint density at radius 2 is 1.61 bits per heavy atom. The first kappa shape index (κ1) is 31.6. The maximum Gasteiger partial charge on any atom is 0.224 e. The second-order valence-corrected chi connectivity index (χ2v) is 10.2. The molecular formula is C32H37F2N3O4. The van der Waals surface area contributed by atoms with Crippen LogP contribution in [0.25, 0.3) is 0 Å². The molecule has 0 spiro atoms. The fraction of sp³-hybridized carbons (Fsp3) is 0.344. The summed E-state index contributed by atoms with van der Waals surface area (Å²) >= 11 is 0. The predicted molar refractivity (Wildman–Crippen MR) is 154 cm³/mol. The van der Waals surface area contributed by atoms with Crippen LogP contribution in [0.15, 0.2) is 66.7 Å². The lowest BCUT2D eigenvalue weighted by molar-refractivity contribution is -0.133. The average molecular weight is 566 g/mol. The third kappa shape index (κ3) is 10.2. The second-order valence-electron chi connectivity index (χ2n) is 10.2. The first-order chi connectivity index (χ1) is 19.5. The van der Waals surface area contributed by atoms with Crippen molar-refractivity contribution in [1.82, 2.24) is 4.90 Å². The Bertz CT molecular complexity index is 1340. The van der Waals surface area contributed by atoms with E-state index in [1.54, 1.807) is 24.3 Å². The minimum atomic E-state index is -1.16. The van der Waals surface area contributed by atoms with Gasteiger partial charge >= 0.3 is 0 Å². The maximum absolute atomic E-state index is 13.6. The Balaban J connectivity index is 1.63. The molecule has 0 saturated carbocycles. The van der Waals surface area contributed by atoms with Gasteiger partial charge in [0, 0.05) is 49.3 Å². The molecule has 2 amide bonds. The van der Waals surface area contributed by atoms with Crippen molar-refractivity contribution in [3.63, 3.8) is 0 Å². The van der Waals surface area contributed by atoms with Gasteiger partial charge in [-0.3, -0.25) is 14.4 Å². The Morgan fingerprint density at radius 1 is 0.927 bits per heavy atom. The number of aliphatic hydroxyl groups excluding tert-OH is 1. The van der Waals surface area contributed by atoms with Gasteiger partial charge in [-0.25, -0.2) is 8.78 Å². The largest absolute Gasteiger partial charge is 0.390 e. The zero-order chi connectivity index (χ0) is 29.9. The van der Waals surface area contributed by atoms with E-state index < -0.39 is 23.8 Å². The lowest BCUT2D eigenvalue weighted by Crippen LogP contribution is -2.46. The van der Waals surface area contributed by atoms with E-state index in [0.29, 0.717) is 16.8 Å². The molecule has 9 heteroatoms. The molecule has 0 fully saturated rings. The number of Topliss-reactive ketones (excluding diaryl/α,β-unsaturated/α-hetero) is 1. The van der Waals surface area contributed by atoms with E-state index in [2.05, 4.69) is 5.32 Å². The monoisotopic (exact) mass is 565 g/mol. The number of halogens is 2. The van der Waals surface area contributed by atoms with E-state index in [4.69, 9.17) is 5.73 Å². The number of rotatable bonds is 14. The fourth-order valence-corrected chi connectivity index (χ4v) is 4.52. The van der Waals surface area contributed by atoms with Crippen molar-refractivity contribution >= 4 is 23.3 Å². The van der Waals surface area contributed by atoms with Crippen LogP contribution in [0.1, 0.15) is 60.2 Å². The molecule has 0 heterocycles. The molecule has 41 heavy (non-hydrogen) atoms. The summed E-state index contributed by atoms with van der Waals surface area (Å²) in [5.74, 6) is -2.12. The standard InChI is InChI=1S/C32H37F2N3O4/c1-3-22-7-4-8-23(13-22)19-37(20-30(39)29(35)16-24-14-26(33)18-27(34)15-24)32(41)12-6-11-31(40)36-28-10-5-9-25(17-28)21(2)38/h4-5,7-10,13-15,17-18,29-30,39H,3,6,11-12,16,19-20,35H2,1-2H3,(H,36,40)/t29-,30+/m0/s1. The zero-order valence-electron chi connectivity index (χ0n) is 23.4. The number of nitrogens with zero attached hydrogens (tertiary/aromatic N) is 1. The minimum absolute atomic E-state index is 0.0220. The van der Waals surface area contributed by atoms with Crippen molar-refractivity contribution in [3.8, 4) is 0 Å². The van der Waals surface area contributed by atoms with Crippen molar-refractivity contribution in [2.24, 2.45) is 5.73 Å². The minimum Gasteiger partial charge on any atom is -0.390 e. The van der Waals surface area contributed by atoms with Gasteiger partial charge in [0.25, 0.3) is 0 Å². The molecule has 0 unspecified atom stereocenters. The van der Waals surface area contributed by atoms with Gasteiger partial charge in [-0.1, -0.05) is 43.3 Å². The molecule has 0 saturated heterocycles. The Labute approximate surface area is 239 Å². The van der Waals surface area contributed by atoms with Crippen LogP contribution in [0.4, 0.5) is 14.5 Å². The van der Waals surface area contributed by atoms with Crippen LogP contribution in [0.5, 0.6) is 0 Å². The Kier molecular flexibility index (Phi) is 11.7. The number of carbonyl (C=O) groups is 3. The number of aryl methyl sites for hydroxylation is 1. The molecule has 0 bridgehead atoms. The number of nitrogens with two attached hydrogens (primary N) is 1. The van der Waals surface area contributed by atoms with Crippen molar-refractivity contribution in [2.75, 3.05) is 11.9 Å². The van der Waals surface area contributed by atoms with Crippen LogP contribution in [0, 0.1) is 11.6 Å². The van der Waals surface area contributed by atoms with Gasteiger partial charge in [0.15, 0.2) is 5.78 Å². The van der Waals surface area contributed by atoms with Crippen LogP contribution in [-0.2, 0) is 29.0 Å². The van der Waals surface area contributed by atoms with Crippen LogP contribution in [0.3, 0.4) is 0 Å². The molecule has 2 atom stereocenters. The van der Waals surface area contributed by atoms with Gasteiger partial charge in [-0.05, 0) is 67.1 Å². The quantitative estimate of drug-likeness (QED) is 0.243. The summed E-state index contributed by atoms with van der Waals surface area (Å²) in [5, 5.41) is 13.6. The van der Waals surface area contributed by atoms with Crippen LogP contribution < -0.4 is 11.1 Å². The van der Waals surface area contributed by atoms with Crippen molar-refractivity contribution < 1.29 is 28.3 Å². The van der Waals surface area contributed by atoms with Crippen LogP contribution in [-0.4, -0.2) is 46.3 Å². The number of amides is 2. The predicted octanol–water partition coefficient (Wildman–Crippen LogP) is 4.80. The summed E-state index contributed by atoms with van der Waals surface area (Å²) in [4.78, 5) is 38.8. The number of anilines is 1. The van der Waals surface area contributed by atoms with Gasteiger partial charge in [0.2, 0.25) is 11.8 Å². The molecule has 218 valence electrons. The van der Waals surface area contributed by atoms with Crippen LogP contribution >= 0.6 is 0 Å². The van der Waals surface area contributed by atoms with Gasteiger partial charge < -0.3 is 21.1 Å². The summed E-state index contributed by atoms with van der Waals surface area (Å²) in [6.07, 6.45) is 0.107. The molecule has 0 aliphatic carbocycles. The summed E-state index contributed by atoms with van der Waals surface area (Å²) < 4.78 is 27.2. The SMILES string of the molecule is CCc1cccc(CN(C[C@@H](O)[C@@H](N)Cc2cc(F)cc(F)c2)C(=O)CCCC(=O)Nc2cccc(C(C)=O)c2)c1. The van der Waals surface area contributed by atoms with Gasteiger partial charge in [-0.2, -0.15) is 0 Å². The summed E-state index contributed by atoms with van der Waals surface area (Å²) in [6, 6.07) is 16.6. The molecule has 0 radical (unpaired) electrons. The number of hydrogen-bond donors (Lipinski definition) is 3. The Morgan fingerprint density at radius 3 is 2.29 bits per heavy atom. The maximum atomic E-state index is 13.6. The molecule has 3 aromatic rings. The first-order valence-corrected chi connectivity index (χ1v) is 13.7. The molecule has 4 N–H and O–H groups in total. The topological polar surface area (TPSA) is 113 Å². The first-order valence-electron chi connectivity index (χ1n) is 13.7. The molecular weight excluding hydrogens is 528 g/mol. The molecule has 3 rings (SSSR count). The highest BCUT2D eigenvalue weighted by Crippen LogP contribution is 2.16. The van der Waals surface area contributed by atoms with E-state index in [-0.39, 0.29) is 56.4 Å². The summed E-state index contributed by atoms with van der Waals surface area (Å²) in [5.41, 5.74) is 9.45. The van der Waals surface area contributed by atoms with Gasteiger partial charge in [0.1, 0.15) is 11.6 Å². The van der Waals surface area contributed by atoms with E-state index in [0.717, 1.165) is 35.7 Å². The van der Waals surface area contributed by atoms with Crippen molar-refractivity contribution in [1.29, 1.82) is 0 Å². The number of carbonyl (C=O) groups excluding carboxylic acids is 3. The number of ketones is 1. The molecule has 7 nitrogen and oxygen atoms in total. The highest BCUT2D eigenvalue weighted by molar-refractivity contribution is 5.97. The van der Waals surface area contributed by atoms with E-state index in [1.807, 2.05) is 31.2 Å². The highest BCUT2D eigenvalue weighted by atomic mass is 19.1. The summed E-state index contributed by atoms with van der Waals surface area (Å²) in [7, 11) is 0. The van der Waals surface area contributed by atoms with E-state index >= 15 is 0 Å². The van der Waals surface area contributed by atoms with Gasteiger partial charge in [0.05, 0.1) is 6.10 Å². The smallest absolute Gasteiger partial charge is 0.224 e. The Hall–Kier alpha value is -3.95. The lowest BCUT2D eigenvalue weighted by Gasteiger charge is -2.28. The second kappa shape index (κ2) is 15.2. The number of nitrogens with one attached hydrogen (secondary N) is 1. The normalized spacial score (nSPS) is 12.4. The van der Waals surface area contributed by atoms with E-state index in [9.17, 15) is 28.3 Å². The third-order valence-corrected chi connectivity index (χ3v) is 6.77. The zero-order valence-corrected chi connectivity index (χ0v) is 23.4. The molecule has 0 aromatic heterocycles. The van der Waals surface area contributed by atoms with E-state index in [1.165, 1.54) is 11.8 Å². The number of hydrogen-bond acceptors (Lipinski definition) is 5. The average Bonchev–Trinajstić information content (AvgIpc) is 2.92. The van der Waals surface area contributed by atoms with Gasteiger partial charge in [-0.15, -0.1) is 0 Å². The lowest BCUT2D eigenvalue weighted by atomic mass is 10.0. The molecule has 0 aliphatic rings. The fourth-order valence-electron chi connectivity index (χ4n) is 4.52. The van der Waals surface area contributed by atoms with Crippen molar-refractivity contribution in [2.45, 2.75) is 64.6 Å². The highest BCUT2D eigenvalue weighted by Gasteiger charge is 2.23. The van der Waals surface area contributed by atoms with Crippen LogP contribution in [0.2, 0.25) is 0 Å². The molecule has 0 aliphatic heterocycles. The third-order valence-electron chi connectivity index (χ3n) is 6.77. The molecule has 3 aromatic carbocycles. The van der Waals surface area contributed by atoms with Crippen molar-refractivity contribution in [3.05, 3.63) is 101 Å². The number of benzene rings is 3.